The van der Waals surface area contributed by atoms with E-state index in [0.717, 1.165) is 30.8 Å². The van der Waals surface area contributed by atoms with E-state index in [9.17, 15) is 9.90 Å². The summed E-state index contributed by atoms with van der Waals surface area (Å²) in [5.41, 5.74) is 2.63. The number of fused-ring (bicyclic) bond motifs is 1. The van der Waals surface area contributed by atoms with Gasteiger partial charge in [0.2, 0.25) is 5.88 Å². The maximum absolute atomic E-state index is 13.1. The van der Waals surface area contributed by atoms with Crippen LogP contribution in [-0.4, -0.2) is 65.3 Å². The molecule has 3 heterocycles. The normalized spacial score (nSPS) is 19.5. The number of aliphatic hydroxyl groups is 1. The summed E-state index contributed by atoms with van der Waals surface area (Å²) in [5, 5.41) is 9.69. The van der Waals surface area contributed by atoms with Crippen LogP contribution in [0.1, 0.15) is 40.7 Å². The van der Waals surface area contributed by atoms with Crippen molar-refractivity contribution in [3.63, 3.8) is 0 Å². The van der Waals surface area contributed by atoms with E-state index >= 15 is 0 Å². The molecule has 0 aliphatic carbocycles. The third-order valence-corrected chi connectivity index (χ3v) is 5.93. The monoisotopic (exact) mass is 411 g/mol. The van der Waals surface area contributed by atoms with Gasteiger partial charge in [-0.3, -0.25) is 9.69 Å². The number of pyridine rings is 1. The maximum Gasteiger partial charge on any atom is 0.259 e. The van der Waals surface area contributed by atoms with Gasteiger partial charge in [0.05, 0.1) is 20.3 Å². The zero-order valence-corrected chi connectivity index (χ0v) is 17.4. The summed E-state index contributed by atoms with van der Waals surface area (Å²) >= 11 is 0. The van der Waals surface area contributed by atoms with Crippen molar-refractivity contribution in [1.82, 2.24) is 14.8 Å². The molecule has 1 saturated heterocycles. The summed E-state index contributed by atoms with van der Waals surface area (Å²) < 4.78 is 11.2. The lowest BCUT2D eigenvalue weighted by Gasteiger charge is -2.34. The molecule has 1 amide bonds. The minimum atomic E-state index is -0.113. The fraction of sp³-hybridized carbons (Fsp3) is 0.478. The lowest BCUT2D eigenvalue weighted by molar-refractivity contribution is 0.0728. The predicted molar refractivity (Wildman–Crippen MR) is 113 cm³/mol. The summed E-state index contributed by atoms with van der Waals surface area (Å²) in [7, 11) is 1.52. The zero-order valence-electron chi connectivity index (χ0n) is 17.4. The van der Waals surface area contributed by atoms with Gasteiger partial charge in [0.15, 0.2) is 0 Å². The highest BCUT2D eigenvalue weighted by molar-refractivity contribution is 5.96. The van der Waals surface area contributed by atoms with Crippen molar-refractivity contribution in [2.45, 2.75) is 38.4 Å². The number of aromatic nitrogens is 1. The van der Waals surface area contributed by atoms with Crippen LogP contribution in [0.4, 0.5) is 0 Å². The van der Waals surface area contributed by atoms with Crippen molar-refractivity contribution in [3.8, 4) is 11.6 Å². The van der Waals surface area contributed by atoms with Gasteiger partial charge >= 0.3 is 0 Å². The topological polar surface area (TPSA) is 75.1 Å². The molecule has 2 aromatic rings. The van der Waals surface area contributed by atoms with Crippen molar-refractivity contribution in [1.29, 1.82) is 0 Å². The first-order chi connectivity index (χ1) is 14.7. The maximum atomic E-state index is 13.1. The lowest BCUT2D eigenvalue weighted by atomic mass is 10.0. The van der Waals surface area contributed by atoms with Crippen LogP contribution in [0.25, 0.3) is 0 Å². The molecule has 2 aliphatic rings. The van der Waals surface area contributed by atoms with Crippen LogP contribution in [0.5, 0.6) is 11.6 Å². The number of piperidine rings is 1. The summed E-state index contributed by atoms with van der Waals surface area (Å²) in [6, 6.07) is 9.93. The molecule has 160 valence electrons. The predicted octanol–water partition coefficient (Wildman–Crippen LogP) is 2.47. The van der Waals surface area contributed by atoms with Gasteiger partial charge in [-0.2, -0.15) is 0 Å². The highest BCUT2D eigenvalue weighted by atomic mass is 16.5. The van der Waals surface area contributed by atoms with E-state index in [1.807, 2.05) is 6.07 Å². The second-order valence-electron chi connectivity index (χ2n) is 7.88. The van der Waals surface area contributed by atoms with Crippen LogP contribution in [0.3, 0.4) is 0 Å². The number of amides is 1. The number of methoxy groups -OCH3 is 1. The molecule has 0 spiro atoms. The zero-order chi connectivity index (χ0) is 20.9. The fourth-order valence-electron chi connectivity index (χ4n) is 4.32. The molecule has 1 atom stereocenters. The highest BCUT2D eigenvalue weighted by Crippen LogP contribution is 2.28. The van der Waals surface area contributed by atoms with Gasteiger partial charge in [0.25, 0.3) is 5.91 Å². The Hall–Kier alpha value is -2.64. The number of likely N-dealkylation sites (tertiary alicyclic amines) is 1. The van der Waals surface area contributed by atoms with E-state index in [4.69, 9.17) is 9.47 Å². The molecule has 1 fully saturated rings. The second-order valence-corrected chi connectivity index (χ2v) is 7.88. The smallest absolute Gasteiger partial charge is 0.259 e. The third-order valence-electron chi connectivity index (χ3n) is 5.93. The van der Waals surface area contributed by atoms with Crippen molar-refractivity contribution in [2.75, 3.05) is 33.4 Å². The molecular weight excluding hydrogens is 382 g/mol. The standard InChI is InChI=1S/C23H29N3O4/c1-29-22-20(6-4-9-24-22)23(28)26-11-12-30-21-8-7-17(13-18(21)15-26)14-25-10-3-2-5-19(25)16-27/h4,6-9,13,19,27H,2-3,5,10-12,14-16H2,1H3. The average Bonchev–Trinajstić information content (AvgIpc) is 3.01. The molecule has 1 unspecified atom stereocenters. The van der Waals surface area contributed by atoms with Crippen molar-refractivity contribution < 1.29 is 19.4 Å². The van der Waals surface area contributed by atoms with E-state index in [1.165, 1.54) is 25.5 Å². The minimum absolute atomic E-state index is 0.113. The van der Waals surface area contributed by atoms with Gasteiger partial charge < -0.3 is 19.5 Å². The average molecular weight is 412 g/mol. The Morgan fingerprint density at radius 2 is 2.20 bits per heavy atom. The molecule has 2 aliphatic heterocycles. The quantitative estimate of drug-likeness (QED) is 0.815. The molecule has 0 saturated carbocycles. The number of ether oxygens (including phenoxy) is 2. The van der Waals surface area contributed by atoms with Crippen molar-refractivity contribution >= 4 is 5.91 Å². The number of carbonyl (C=O) groups is 1. The molecule has 1 aromatic heterocycles. The number of nitrogens with zero attached hydrogens (tertiary/aromatic N) is 3. The second kappa shape index (κ2) is 9.45. The Morgan fingerprint density at radius 3 is 3.03 bits per heavy atom. The van der Waals surface area contributed by atoms with Crippen molar-refractivity contribution in [3.05, 3.63) is 53.2 Å². The van der Waals surface area contributed by atoms with Gasteiger partial charge in [-0.1, -0.05) is 12.5 Å². The lowest BCUT2D eigenvalue weighted by Crippen LogP contribution is -2.41. The third kappa shape index (κ3) is 4.42. The molecule has 1 N–H and O–H groups in total. The van der Waals surface area contributed by atoms with Crippen LogP contribution in [-0.2, 0) is 13.1 Å². The van der Waals surface area contributed by atoms with Gasteiger partial charge in [-0.25, -0.2) is 4.98 Å². The Balaban J connectivity index is 1.53. The molecule has 0 bridgehead atoms. The van der Waals surface area contributed by atoms with E-state index in [-0.39, 0.29) is 18.6 Å². The van der Waals surface area contributed by atoms with Gasteiger partial charge in [-0.05, 0) is 49.2 Å². The largest absolute Gasteiger partial charge is 0.491 e. The first-order valence-corrected chi connectivity index (χ1v) is 10.6. The van der Waals surface area contributed by atoms with Gasteiger partial charge in [0.1, 0.15) is 17.9 Å². The molecular formula is C23H29N3O4. The van der Waals surface area contributed by atoms with Crippen LogP contribution in [0.2, 0.25) is 0 Å². The molecule has 7 heteroatoms. The SMILES string of the molecule is COc1ncccc1C(=O)N1CCOc2ccc(CN3CCCCC3CO)cc2C1. The van der Waals surface area contributed by atoms with Crippen molar-refractivity contribution in [2.24, 2.45) is 0 Å². The molecule has 0 radical (unpaired) electrons. The summed E-state index contributed by atoms with van der Waals surface area (Å²) in [6.07, 6.45) is 5.00. The van der Waals surface area contributed by atoms with E-state index in [1.54, 1.807) is 23.2 Å². The number of hydrogen-bond donors (Lipinski definition) is 1. The minimum Gasteiger partial charge on any atom is -0.491 e. The van der Waals surface area contributed by atoms with Crippen LogP contribution < -0.4 is 9.47 Å². The number of aliphatic hydroxyl groups excluding tert-OH is 1. The molecule has 4 rings (SSSR count). The van der Waals surface area contributed by atoms with E-state index in [2.05, 4.69) is 22.0 Å². The summed E-state index contributed by atoms with van der Waals surface area (Å²) in [4.78, 5) is 21.4. The highest BCUT2D eigenvalue weighted by Gasteiger charge is 2.25. The number of benzene rings is 1. The first kappa shape index (κ1) is 20.6. The Labute approximate surface area is 177 Å². The van der Waals surface area contributed by atoms with Gasteiger partial charge in [0, 0.05) is 30.9 Å². The molecule has 7 nitrogen and oxygen atoms in total. The van der Waals surface area contributed by atoms with Crippen LogP contribution in [0.15, 0.2) is 36.5 Å². The Kier molecular flexibility index (Phi) is 6.50. The van der Waals surface area contributed by atoms with Gasteiger partial charge in [-0.15, -0.1) is 0 Å². The Bertz CT molecular complexity index is 889. The number of rotatable bonds is 5. The Morgan fingerprint density at radius 1 is 1.30 bits per heavy atom. The molecule has 1 aromatic carbocycles. The summed E-state index contributed by atoms with van der Waals surface area (Å²) in [6.45, 7) is 3.42. The van der Waals surface area contributed by atoms with Crippen LogP contribution >= 0.6 is 0 Å². The number of hydrogen-bond acceptors (Lipinski definition) is 6. The fourth-order valence-corrected chi connectivity index (χ4v) is 4.32. The van der Waals surface area contributed by atoms with E-state index < -0.39 is 0 Å². The van der Waals surface area contributed by atoms with E-state index in [0.29, 0.717) is 31.1 Å². The first-order valence-electron chi connectivity index (χ1n) is 10.6. The molecule has 30 heavy (non-hydrogen) atoms. The summed E-state index contributed by atoms with van der Waals surface area (Å²) in [5.74, 6) is 1.05. The van der Waals surface area contributed by atoms with Crippen LogP contribution in [0, 0.1) is 0 Å². The number of carbonyl (C=O) groups excluding carboxylic acids is 1.